The molecule has 0 saturated heterocycles. The molecule has 128 valence electrons. The topological polar surface area (TPSA) is 49.8 Å². The first-order valence-corrected chi connectivity index (χ1v) is 8.35. The van der Waals surface area contributed by atoms with Gasteiger partial charge in [-0.1, -0.05) is 53.0 Å². The summed E-state index contributed by atoms with van der Waals surface area (Å²) in [5.74, 6) is -0.0566. The van der Waals surface area contributed by atoms with E-state index in [0.717, 1.165) is 5.75 Å². The van der Waals surface area contributed by atoms with Crippen LogP contribution in [0.1, 0.15) is 16.8 Å². The van der Waals surface area contributed by atoms with Crippen molar-refractivity contribution in [1.82, 2.24) is 4.90 Å². The molecular formula is C17H16Cl3NO3. The lowest BCUT2D eigenvalue weighted by atomic mass is 10.1. The van der Waals surface area contributed by atoms with Crippen LogP contribution in [0, 0.1) is 0 Å². The van der Waals surface area contributed by atoms with Crippen LogP contribution >= 0.6 is 34.8 Å². The summed E-state index contributed by atoms with van der Waals surface area (Å²) in [5, 5.41) is 10.1. The molecule has 0 fully saturated rings. The van der Waals surface area contributed by atoms with E-state index < -0.39 is 5.91 Å². The Bertz CT molecular complexity index is 697. The first-order chi connectivity index (χ1) is 11.4. The number of carbonyl (C=O) groups excluding carboxylic acids is 1. The Morgan fingerprint density at radius 3 is 2.50 bits per heavy atom. The molecule has 4 nitrogen and oxygen atoms in total. The number of ether oxygens (including phenoxy) is 1. The molecule has 0 heterocycles. The maximum atomic E-state index is 12.5. The summed E-state index contributed by atoms with van der Waals surface area (Å²) in [6, 6.07) is 10.7. The fraction of sp³-hybridized carbons (Fsp3) is 0.235. The maximum Gasteiger partial charge on any atom is 0.258 e. The van der Waals surface area contributed by atoms with Crippen LogP contribution in [0.25, 0.3) is 0 Å². The molecule has 0 aromatic heterocycles. The third-order valence-corrected chi connectivity index (χ3v) is 4.43. The Morgan fingerprint density at radius 1 is 1.17 bits per heavy atom. The summed E-state index contributed by atoms with van der Waals surface area (Å²) in [5.41, 5.74) is -0.0966. The zero-order valence-electron chi connectivity index (χ0n) is 12.9. The van der Waals surface area contributed by atoms with Gasteiger partial charge in [0.1, 0.15) is 17.1 Å². The van der Waals surface area contributed by atoms with Crippen molar-refractivity contribution in [2.45, 2.75) is 6.42 Å². The van der Waals surface area contributed by atoms with E-state index in [1.165, 1.54) is 11.0 Å². The second kappa shape index (κ2) is 8.47. The third kappa shape index (κ3) is 4.47. The molecule has 0 aliphatic rings. The zero-order chi connectivity index (χ0) is 17.7. The number of phenolic OH excluding ortho intramolecular Hbond substituents is 1. The molecule has 24 heavy (non-hydrogen) atoms. The van der Waals surface area contributed by atoms with Gasteiger partial charge in [-0.3, -0.25) is 4.79 Å². The average molecular weight is 389 g/mol. The van der Waals surface area contributed by atoms with Crippen molar-refractivity contribution in [2.75, 3.05) is 20.2 Å². The Balaban J connectivity index is 1.95. The highest BCUT2D eigenvalue weighted by molar-refractivity contribution is 6.45. The maximum absolute atomic E-state index is 12.5. The second-order valence-electron chi connectivity index (χ2n) is 5.12. The molecule has 0 spiro atoms. The van der Waals surface area contributed by atoms with E-state index in [4.69, 9.17) is 39.5 Å². The first kappa shape index (κ1) is 18.7. The minimum absolute atomic E-state index is 0.0176. The van der Waals surface area contributed by atoms with Crippen LogP contribution in [-0.4, -0.2) is 36.1 Å². The highest BCUT2D eigenvalue weighted by Crippen LogP contribution is 2.38. The number of phenols is 1. The van der Waals surface area contributed by atoms with Crippen LogP contribution in [0.5, 0.6) is 11.5 Å². The number of amides is 1. The van der Waals surface area contributed by atoms with Gasteiger partial charge in [-0.15, -0.1) is 0 Å². The van der Waals surface area contributed by atoms with Crippen LogP contribution in [0.4, 0.5) is 0 Å². The molecule has 0 atom stereocenters. The van der Waals surface area contributed by atoms with Gasteiger partial charge in [-0.2, -0.15) is 0 Å². The number of benzene rings is 2. The Hall–Kier alpha value is -1.62. The van der Waals surface area contributed by atoms with Gasteiger partial charge in [-0.25, -0.2) is 0 Å². The Kier molecular flexibility index (Phi) is 6.60. The molecule has 0 radical (unpaired) electrons. The molecule has 1 amide bonds. The van der Waals surface area contributed by atoms with Crippen LogP contribution in [-0.2, 0) is 0 Å². The van der Waals surface area contributed by atoms with Gasteiger partial charge in [0.05, 0.1) is 21.7 Å². The molecule has 0 aliphatic heterocycles. The number of hydrogen-bond donors (Lipinski definition) is 1. The van der Waals surface area contributed by atoms with Crippen LogP contribution in [0.15, 0.2) is 36.4 Å². The van der Waals surface area contributed by atoms with E-state index in [-0.39, 0.29) is 26.4 Å². The minimum Gasteiger partial charge on any atom is -0.505 e. The van der Waals surface area contributed by atoms with Crippen molar-refractivity contribution < 1.29 is 14.6 Å². The highest BCUT2D eigenvalue weighted by Gasteiger charge is 2.23. The van der Waals surface area contributed by atoms with Crippen LogP contribution in [0.3, 0.4) is 0 Å². The number of halogens is 3. The molecule has 0 bridgehead atoms. The van der Waals surface area contributed by atoms with E-state index in [1.54, 1.807) is 7.05 Å². The standard InChI is InChI=1S/C17H16Cl3NO3/c1-21(8-5-9-24-11-6-3-2-4-7-11)17(23)14-15(20)12(18)10-13(19)16(14)22/h2-4,6-7,10,22H,5,8-9H2,1H3. The van der Waals surface area contributed by atoms with Gasteiger partial charge >= 0.3 is 0 Å². The zero-order valence-corrected chi connectivity index (χ0v) is 15.2. The van der Waals surface area contributed by atoms with E-state index in [9.17, 15) is 9.90 Å². The summed E-state index contributed by atoms with van der Waals surface area (Å²) in [7, 11) is 1.61. The van der Waals surface area contributed by atoms with Crippen molar-refractivity contribution in [3.05, 3.63) is 57.0 Å². The van der Waals surface area contributed by atoms with Crippen molar-refractivity contribution >= 4 is 40.7 Å². The smallest absolute Gasteiger partial charge is 0.258 e. The SMILES string of the molecule is CN(CCCOc1ccccc1)C(=O)c1c(O)c(Cl)cc(Cl)c1Cl. The highest BCUT2D eigenvalue weighted by atomic mass is 35.5. The molecule has 7 heteroatoms. The number of hydrogen-bond acceptors (Lipinski definition) is 3. The average Bonchev–Trinajstić information content (AvgIpc) is 2.58. The van der Waals surface area contributed by atoms with E-state index in [1.807, 2.05) is 30.3 Å². The summed E-state index contributed by atoms with van der Waals surface area (Å²) in [6.07, 6.45) is 0.615. The van der Waals surface area contributed by atoms with Gasteiger partial charge in [0.2, 0.25) is 0 Å². The fourth-order valence-corrected chi connectivity index (χ4v) is 2.77. The van der Waals surface area contributed by atoms with Crippen molar-refractivity contribution in [1.29, 1.82) is 0 Å². The predicted octanol–water partition coefficient (Wildman–Crippen LogP) is 4.89. The third-order valence-electron chi connectivity index (χ3n) is 3.36. The number of rotatable bonds is 6. The molecule has 0 aliphatic carbocycles. The monoisotopic (exact) mass is 387 g/mol. The molecule has 0 unspecified atom stereocenters. The van der Waals surface area contributed by atoms with Crippen molar-refractivity contribution in [3.8, 4) is 11.5 Å². The molecule has 2 rings (SSSR count). The minimum atomic E-state index is -0.457. The summed E-state index contributed by atoms with van der Waals surface area (Å²) in [6.45, 7) is 0.878. The van der Waals surface area contributed by atoms with E-state index in [2.05, 4.69) is 0 Å². The fourth-order valence-electron chi connectivity index (χ4n) is 2.08. The van der Waals surface area contributed by atoms with Crippen LogP contribution < -0.4 is 4.74 Å². The summed E-state index contributed by atoms with van der Waals surface area (Å²) < 4.78 is 5.57. The Labute approximate surface area is 155 Å². The van der Waals surface area contributed by atoms with E-state index in [0.29, 0.717) is 19.6 Å². The van der Waals surface area contributed by atoms with Gasteiger partial charge < -0.3 is 14.7 Å². The number of para-hydroxylation sites is 1. The predicted molar refractivity (Wildman–Crippen MR) is 96.7 cm³/mol. The van der Waals surface area contributed by atoms with Crippen molar-refractivity contribution in [3.63, 3.8) is 0 Å². The second-order valence-corrected chi connectivity index (χ2v) is 6.31. The number of aromatic hydroxyl groups is 1. The largest absolute Gasteiger partial charge is 0.505 e. The van der Waals surface area contributed by atoms with Crippen LogP contribution in [0.2, 0.25) is 15.1 Å². The number of carbonyl (C=O) groups is 1. The molecule has 2 aromatic carbocycles. The van der Waals surface area contributed by atoms with Gasteiger partial charge in [-0.05, 0) is 24.6 Å². The first-order valence-electron chi connectivity index (χ1n) is 7.21. The number of nitrogens with zero attached hydrogens (tertiary/aromatic N) is 1. The molecular weight excluding hydrogens is 373 g/mol. The quantitative estimate of drug-likeness (QED) is 0.566. The lowest BCUT2D eigenvalue weighted by molar-refractivity contribution is 0.0785. The lowest BCUT2D eigenvalue weighted by Crippen LogP contribution is -2.29. The van der Waals surface area contributed by atoms with E-state index >= 15 is 0 Å². The van der Waals surface area contributed by atoms with Crippen molar-refractivity contribution in [2.24, 2.45) is 0 Å². The Morgan fingerprint density at radius 2 is 1.83 bits per heavy atom. The normalized spacial score (nSPS) is 10.5. The van der Waals surface area contributed by atoms with Gasteiger partial charge in [0, 0.05) is 13.6 Å². The van der Waals surface area contributed by atoms with Gasteiger partial charge in [0.15, 0.2) is 0 Å². The molecule has 1 N–H and O–H groups in total. The van der Waals surface area contributed by atoms with Gasteiger partial charge in [0.25, 0.3) is 5.91 Å². The lowest BCUT2D eigenvalue weighted by Gasteiger charge is -2.19. The summed E-state index contributed by atoms with van der Waals surface area (Å²) >= 11 is 17.8. The summed E-state index contributed by atoms with van der Waals surface area (Å²) in [4.78, 5) is 13.9. The molecule has 0 saturated carbocycles. The molecule has 2 aromatic rings.